The van der Waals surface area contributed by atoms with E-state index in [1.807, 2.05) is 25.1 Å². The first-order chi connectivity index (χ1) is 12.2. The monoisotopic (exact) mass is 508 g/mol. The Kier molecular flexibility index (Phi) is 51.6. The summed E-state index contributed by atoms with van der Waals surface area (Å²) in [7, 11) is 1.65. The Balaban J connectivity index is -0.000000114. The fourth-order valence-corrected chi connectivity index (χ4v) is 1.22. The van der Waals surface area contributed by atoms with Crippen molar-refractivity contribution in [1.29, 1.82) is 0 Å². The molecule has 0 saturated heterocycles. The van der Waals surface area contributed by atoms with Crippen LogP contribution in [0.4, 0.5) is 0 Å². The Morgan fingerprint density at radius 2 is 1.28 bits per heavy atom. The zero-order chi connectivity index (χ0) is 21.1. The van der Waals surface area contributed by atoms with Crippen molar-refractivity contribution in [2.45, 2.75) is 6.92 Å². The van der Waals surface area contributed by atoms with Crippen molar-refractivity contribution in [3.05, 3.63) is 74.7 Å². The van der Waals surface area contributed by atoms with Gasteiger partial charge in [0.1, 0.15) is 0 Å². The fourth-order valence-electron chi connectivity index (χ4n) is 1.04. The van der Waals surface area contributed by atoms with Crippen LogP contribution in [0, 0.1) is 45.1 Å². The average molecular weight is 508 g/mol. The third-order valence-electron chi connectivity index (χ3n) is 1.73. The molecule has 1 aromatic rings. The Morgan fingerprint density at radius 1 is 0.880 bits per heavy atom. The molecule has 0 fully saturated rings. The first-order valence-electron chi connectivity index (χ1n) is 5.58. The number of hydrogen-bond donors (Lipinski definition) is 0. The maximum atomic E-state index is 7.50. The summed E-state index contributed by atoms with van der Waals surface area (Å²) in [6, 6.07) is 10.2. The molecule has 6 nitrogen and oxygen atoms in total. The van der Waals surface area contributed by atoms with E-state index in [1.165, 1.54) is 24.9 Å². The number of allylic oxidation sites excluding steroid dienone is 1. The van der Waals surface area contributed by atoms with Crippen molar-refractivity contribution in [1.82, 2.24) is 0 Å². The third-order valence-corrected chi connectivity index (χ3v) is 2.70. The van der Waals surface area contributed by atoms with E-state index in [4.69, 9.17) is 28.0 Å². The minimum absolute atomic E-state index is 0.816. The number of benzene rings is 1. The summed E-state index contributed by atoms with van der Waals surface area (Å²) in [5, 5.41) is 0. The number of ether oxygens (including phenoxy) is 1. The molecule has 0 aliphatic heterocycles. The van der Waals surface area contributed by atoms with Crippen LogP contribution in [-0.4, -0.2) is 11.2 Å². The van der Waals surface area contributed by atoms with Gasteiger partial charge in [0.2, 0.25) is 0 Å². The molecule has 0 radical (unpaired) electrons. The molecule has 0 aliphatic rings. The first-order valence-corrected chi connectivity index (χ1v) is 7.04. The van der Waals surface area contributed by atoms with Crippen LogP contribution in [0.2, 0.25) is 0 Å². The van der Waals surface area contributed by atoms with Gasteiger partial charge in [0.05, 0.1) is 0 Å². The summed E-state index contributed by atoms with van der Waals surface area (Å²) < 4.78 is 43.3. The van der Waals surface area contributed by atoms with E-state index in [-0.39, 0.29) is 0 Å². The van der Waals surface area contributed by atoms with Gasteiger partial charge in [-0.3, -0.25) is 0 Å². The number of rotatable bonds is 2. The quantitative estimate of drug-likeness (QED) is 0.341. The van der Waals surface area contributed by atoms with Crippen LogP contribution in [0.25, 0.3) is 6.08 Å². The Bertz CT molecular complexity index is 590. The van der Waals surface area contributed by atoms with Crippen molar-refractivity contribution in [2.24, 2.45) is 0 Å². The maximum absolute atomic E-state index is 7.50. The Hall–Kier alpha value is -2.26. The van der Waals surface area contributed by atoms with Crippen LogP contribution in [0.3, 0.4) is 0 Å². The van der Waals surface area contributed by atoms with E-state index in [2.05, 4.69) is 63.3 Å². The topological polar surface area (TPSA) is 109 Å². The summed E-state index contributed by atoms with van der Waals surface area (Å²) in [4.78, 5) is 0. The van der Waals surface area contributed by atoms with Crippen molar-refractivity contribution in [3.63, 3.8) is 0 Å². The second-order valence-electron chi connectivity index (χ2n) is 2.98. The number of methoxy groups -OCH3 is 1. The average Bonchev–Trinajstić information content (AvgIpc) is 2.74. The normalized spacial score (nSPS) is 6.64. The zero-order valence-electron chi connectivity index (χ0n) is 13.3. The molecule has 0 spiro atoms. The molecule has 0 atom stereocenters. The van der Waals surface area contributed by atoms with Gasteiger partial charge < -0.3 is 0 Å². The predicted octanol–water partition coefficient (Wildman–Crippen LogP) is 2.23. The van der Waals surface area contributed by atoms with E-state index < -0.39 is 0 Å². The molecule has 0 aliphatic carbocycles. The van der Waals surface area contributed by atoms with Crippen molar-refractivity contribution in [2.75, 3.05) is 7.11 Å². The van der Waals surface area contributed by atoms with Gasteiger partial charge in [0.15, 0.2) is 0 Å². The molecule has 0 unspecified atom stereocenters. The molecule has 7 heteroatoms. The van der Waals surface area contributed by atoms with Crippen LogP contribution >= 0.6 is 0 Å². The van der Waals surface area contributed by atoms with Gasteiger partial charge >= 0.3 is 158 Å². The second kappa shape index (κ2) is 37.7. The second-order valence-corrected chi connectivity index (χ2v) is 4.31. The molecular formula is C18H12O6W. The van der Waals surface area contributed by atoms with Crippen LogP contribution < -0.4 is 0 Å². The van der Waals surface area contributed by atoms with Crippen LogP contribution in [0.15, 0.2) is 35.9 Å². The summed E-state index contributed by atoms with van der Waals surface area (Å²) in [5.41, 5.74) is 2.21. The Morgan fingerprint density at radius 3 is 1.64 bits per heavy atom. The van der Waals surface area contributed by atoms with Gasteiger partial charge in [-0.05, 0) is 0 Å². The summed E-state index contributed by atoms with van der Waals surface area (Å²) in [6.07, 6.45) is 2.06. The van der Waals surface area contributed by atoms with Gasteiger partial charge in [-0.2, -0.15) is 0 Å². The molecule has 0 N–H and O–H groups in total. The van der Waals surface area contributed by atoms with Gasteiger partial charge in [-0.25, -0.2) is 0 Å². The van der Waals surface area contributed by atoms with Crippen LogP contribution in [-0.2, 0) is 47.4 Å². The van der Waals surface area contributed by atoms with Crippen molar-refractivity contribution < 1.29 is 47.4 Å². The molecule has 1 aromatic carbocycles. The van der Waals surface area contributed by atoms with E-state index in [9.17, 15) is 0 Å². The Labute approximate surface area is 158 Å². The molecule has 25 heavy (non-hydrogen) atoms. The molecule has 0 saturated carbocycles. The molecule has 0 bridgehead atoms. The molecule has 126 valence electrons. The van der Waals surface area contributed by atoms with Gasteiger partial charge in [0.25, 0.3) is 0 Å². The number of hydrogen-bond acceptors (Lipinski definition) is 1. The van der Waals surface area contributed by atoms with Gasteiger partial charge in [-0.1, -0.05) is 0 Å². The van der Waals surface area contributed by atoms with E-state index >= 15 is 0 Å². The van der Waals surface area contributed by atoms with Crippen molar-refractivity contribution >= 4 is 10.2 Å². The SMILES string of the molecule is CO[C](=[W])C#C/C(C)=C/c1ccccc1.[C-]#[O+].[C-]#[O+].[C-]#[O+].[C-]#[O+].[C-]#[O+]. The molecular weight excluding hydrogens is 496 g/mol. The minimum atomic E-state index is 0.816. The van der Waals surface area contributed by atoms with E-state index in [1.54, 1.807) is 7.11 Å². The zero-order valence-corrected chi connectivity index (χ0v) is 16.3. The molecule has 0 heterocycles. The molecule has 1 rings (SSSR count). The predicted molar refractivity (Wildman–Crippen MR) is 79.5 cm³/mol. The van der Waals surface area contributed by atoms with Gasteiger partial charge in [-0.15, -0.1) is 0 Å². The van der Waals surface area contributed by atoms with Crippen LogP contribution in [0.1, 0.15) is 12.5 Å². The molecule has 0 amide bonds. The standard InChI is InChI=1S/C13H12O.5CO.W/c1-12(7-6-10-14-2)11-13-8-4-3-5-9-13;5*1-2;/h3-5,8-9,11H,1-2H3;;;;;;/b12-11+;;;;;;. The summed E-state index contributed by atoms with van der Waals surface area (Å²) in [6.45, 7) is 24.5. The summed E-state index contributed by atoms with van der Waals surface area (Å²) >= 11 is 1.26. The first kappa shape index (κ1) is 34.1. The molecule has 0 aromatic heterocycles. The van der Waals surface area contributed by atoms with Gasteiger partial charge in [0, 0.05) is 0 Å². The fraction of sp³-hybridized carbons (Fsp3) is 0.111. The summed E-state index contributed by atoms with van der Waals surface area (Å²) in [5.74, 6) is 6.02. The van der Waals surface area contributed by atoms with Crippen LogP contribution in [0.5, 0.6) is 0 Å². The van der Waals surface area contributed by atoms with Crippen molar-refractivity contribution in [3.8, 4) is 11.8 Å². The van der Waals surface area contributed by atoms with E-state index in [0.29, 0.717) is 0 Å². The third kappa shape index (κ3) is 30.2. The van der Waals surface area contributed by atoms with E-state index in [0.717, 1.165) is 9.66 Å².